The predicted molar refractivity (Wildman–Crippen MR) is 66.2 cm³/mol. The van der Waals surface area contributed by atoms with E-state index in [0.717, 1.165) is 0 Å². The molecule has 2 heterocycles. The van der Waals surface area contributed by atoms with E-state index in [1.165, 1.54) is 18.3 Å². The van der Waals surface area contributed by atoms with E-state index in [1.807, 2.05) is 0 Å². The lowest BCUT2D eigenvalue weighted by molar-refractivity contribution is 0.195. The fraction of sp³-hybridized carbons (Fsp3) is 0.100. The number of hydrogen-bond acceptors (Lipinski definition) is 2. The number of nitrogens with one attached hydrogen (secondary N) is 1. The van der Waals surface area contributed by atoms with Gasteiger partial charge in [-0.05, 0) is 35.9 Å². The summed E-state index contributed by atoms with van der Waals surface area (Å²) in [5.74, 6) is 0. The second-order valence-electron chi connectivity index (χ2n) is 3.32. The summed E-state index contributed by atoms with van der Waals surface area (Å²) in [6.45, 7) is 0. The normalized spacial score (nSPS) is 13.6. The summed E-state index contributed by atoms with van der Waals surface area (Å²) in [7, 11) is -2.63. The number of rotatable bonds is 3. The minimum Gasteiger partial charge on any atom is -0.347 e. The Hall–Kier alpha value is -0.980. The molecule has 1 unspecified atom stereocenters. The topological polar surface area (TPSA) is 45.8 Å². The summed E-state index contributed by atoms with van der Waals surface area (Å²) in [5.41, 5.74) is 1.14. The van der Waals surface area contributed by atoms with Gasteiger partial charge >= 0.3 is 4.71 Å². The Kier molecular flexibility index (Phi) is 3.70. The number of aromatic nitrogens is 2. The van der Waals surface area contributed by atoms with Crippen molar-refractivity contribution >= 4 is 34.0 Å². The molecule has 2 aromatic heterocycles. The number of alkyl halides is 3. The van der Waals surface area contributed by atoms with Crippen molar-refractivity contribution in [1.29, 1.82) is 0 Å². The minimum atomic E-state index is -3.81. The van der Waals surface area contributed by atoms with Crippen LogP contribution in [0.5, 0.6) is 0 Å². The van der Waals surface area contributed by atoms with Gasteiger partial charge in [-0.3, -0.25) is 0 Å². The first-order chi connectivity index (χ1) is 8.38. The largest absolute Gasteiger partial charge is 0.404 e. The summed E-state index contributed by atoms with van der Waals surface area (Å²) in [4.78, 5) is 6.46. The Bertz CT molecular complexity index is 580. The van der Waals surface area contributed by atoms with E-state index in [-0.39, 0.29) is 5.03 Å². The highest BCUT2D eigenvalue weighted by molar-refractivity contribution is 7.87. The number of aromatic amines is 1. The van der Waals surface area contributed by atoms with Gasteiger partial charge in [0.1, 0.15) is 10.2 Å². The van der Waals surface area contributed by atoms with E-state index in [4.69, 9.17) is 23.2 Å². The molecule has 0 aromatic carbocycles. The molecule has 0 spiro atoms. The van der Waals surface area contributed by atoms with Gasteiger partial charge in [-0.25, -0.2) is 9.19 Å². The number of pyridine rings is 1. The van der Waals surface area contributed by atoms with Crippen LogP contribution in [-0.2, 0) is 10.8 Å². The summed E-state index contributed by atoms with van der Waals surface area (Å²) >= 11 is 10.3. The molecule has 0 aliphatic carbocycles. The molecule has 1 atom stereocenters. The van der Waals surface area contributed by atoms with Gasteiger partial charge in [-0.2, -0.15) is 8.78 Å². The van der Waals surface area contributed by atoms with Crippen LogP contribution in [0.2, 0.25) is 5.15 Å². The second kappa shape index (κ2) is 4.95. The SMILES string of the molecule is O=S(c1ccc(-c2ccc(Cl)nc2)[nH]1)C(F)(F)Cl. The maximum atomic E-state index is 12.7. The molecule has 0 radical (unpaired) electrons. The lowest BCUT2D eigenvalue weighted by Crippen LogP contribution is -2.14. The monoisotopic (exact) mass is 310 g/mol. The maximum Gasteiger partial charge on any atom is 0.404 e. The van der Waals surface area contributed by atoms with E-state index < -0.39 is 15.5 Å². The molecule has 1 N–H and O–H groups in total. The zero-order chi connectivity index (χ0) is 13.3. The minimum absolute atomic E-state index is 0.153. The fourth-order valence-electron chi connectivity index (χ4n) is 1.31. The third kappa shape index (κ3) is 2.88. The van der Waals surface area contributed by atoms with Crippen molar-refractivity contribution in [3.63, 3.8) is 0 Å². The van der Waals surface area contributed by atoms with Gasteiger partial charge in [0, 0.05) is 17.5 Å². The van der Waals surface area contributed by atoms with Gasteiger partial charge in [0.2, 0.25) is 0 Å². The molecule has 2 aromatic rings. The molecule has 18 heavy (non-hydrogen) atoms. The van der Waals surface area contributed by atoms with E-state index >= 15 is 0 Å². The number of H-pyrrole nitrogens is 1. The molecule has 0 fully saturated rings. The summed E-state index contributed by atoms with van der Waals surface area (Å²) in [6, 6.07) is 6.02. The molecule has 2 rings (SSSR count). The zero-order valence-corrected chi connectivity index (χ0v) is 11.0. The van der Waals surface area contributed by atoms with Gasteiger partial charge in [0.15, 0.2) is 10.8 Å². The molecular formula is C10H6Cl2F2N2OS. The van der Waals surface area contributed by atoms with Gasteiger partial charge in [-0.1, -0.05) is 11.6 Å². The van der Waals surface area contributed by atoms with Crippen LogP contribution in [0, 0.1) is 0 Å². The van der Waals surface area contributed by atoms with E-state index in [2.05, 4.69) is 9.97 Å². The van der Waals surface area contributed by atoms with E-state index in [1.54, 1.807) is 12.1 Å². The Labute approximate surface area is 114 Å². The number of hydrogen-bond donors (Lipinski definition) is 1. The van der Waals surface area contributed by atoms with Gasteiger partial charge in [-0.15, -0.1) is 0 Å². The second-order valence-corrected chi connectivity index (χ2v) is 5.90. The maximum absolute atomic E-state index is 12.7. The molecule has 0 bridgehead atoms. The van der Waals surface area contributed by atoms with Crippen LogP contribution in [0.3, 0.4) is 0 Å². The van der Waals surface area contributed by atoms with Crippen LogP contribution in [0.1, 0.15) is 0 Å². The van der Waals surface area contributed by atoms with Crippen LogP contribution in [0.15, 0.2) is 35.5 Å². The third-order valence-electron chi connectivity index (χ3n) is 2.11. The summed E-state index contributed by atoms with van der Waals surface area (Å²) in [5, 5.41) is 0.168. The lowest BCUT2D eigenvalue weighted by atomic mass is 10.2. The molecule has 96 valence electrons. The van der Waals surface area contributed by atoms with E-state index in [9.17, 15) is 13.0 Å². The predicted octanol–water partition coefficient (Wildman–Crippen LogP) is 3.63. The Morgan fingerprint density at radius 1 is 1.28 bits per heavy atom. The highest BCUT2D eigenvalue weighted by atomic mass is 35.5. The van der Waals surface area contributed by atoms with E-state index in [0.29, 0.717) is 16.4 Å². The first-order valence-corrected chi connectivity index (χ1v) is 6.58. The molecule has 0 saturated heterocycles. The van der Waals surface area contributed by atoms with Crippen molar-refractivity contribution < 1.29 is 13.0 Å². The molecule has 8 heteroatoms. The van der Waals surface area contributed by atoms with Gasteiger partial charge in [0.05, 0.1) is 0 Å². The Morgan fingerprint density at radius 2 is 2.00 bits per heavy atom. The first-order valence-electron chi connectivity index (χ1n) is 4.67. The average molecular weight is 311 g/mol. The third-order valence-corrected chi connectivity index (χ3v) is 3.81. The molecule has 0 saturated carbocycles. The molecule has 0 aliphatic rings. The summed E-state index contributed by atoms with van der Waals surface area (Å²) in [6.07, 6.45) is 1.47. The van der Waals surface area contributed by atoms with Gasteiger partial charge in [0.25, 0.3) is 0 Å². The van der Waals surface area contributed by atoms with Crippen molar-refractivity contribution in [1.82, 2.24) is 9.97 Å². The smallest absolute Gasteiger partial charge is 0.347 e. The molecule has 0 amide bonds. The molecule has 0 aliphatic heterocycles. The zero-order valence-electron chi connectivity index (χ0n) is 8.66. The average Bonchev–Trinajstić information content (AvgIpc) is 2.77. The quantitative estimate of drug-likeness (QED) is 0.695. The van der Waals surface area contributed by atoms with Crippen molar-refractivity contribution in [2.75, 3.05) is 0 Å². The van der Waals surface area contributed by atoms with Crippen LogP contribution >= 0.6 is 23.2 Å². The number of nitrogens with zero attached hydrogens (tertiary/aromatic N) is 1. The van der Waals surface area contributed by atoms with Crippen molar-refractivity contribution in [3.8, 4) is 11.3 Å². The molecular weight excluding hydrogens is 305 g/mol. The van der Waals surface area contributed by atoms with Crippen molar-refractivity contribution in [2.24, 2.45) is 0 Å². The molecule has 3 nitrogen and oxygen atoms in total. The number of halogens is 4. The Morgan fingerprint density at radius 3 is 2.56 bits per heavy atom. The first kappa shape index (κ1) is 13.5. The fourth-order valence-corrected chi connectivity index (χ4v) is 2.32. The summed E-state index contributed by atoms with van der Waals surface area (Å²) < 4.78 is 32.9. The Balaban J connectivity index is 2.31. The van der Waals surface area contributed by atoms with Crippen LogP contribution in [-0.4, -0.2) is 18.9 Å². The van der Waals surface area contributed by atoms with Crippen molar-refractivity contribution in [3.05, 3.63) is 35.6 Å². The van der Waals surface area contributed by atoms with Crippen LogP contribution in [0.4, 0.5) is 8.78 Å². The highest BCUT2D eigenvalue weighted by Crippen LogP contribution is 2.30. The lowest BCUT2D eigenvalue weighted by Gasteiger charge is -2.05. The standard InChI is InChI=1S/C10H6Cl2F2N2OS/c11-8-3-1-6(5-15-8)7-2-4-9(16-7)18(17)10(12,13)14/h1-5,16H. The highest BCUT2D eigenvalue weighted by Gasteiger charge is 2.36. The van der Waals surface area contributed by atoms with Crippen molar-refractivity contribution in [2.45, 2.75) is 9.74 Å². The van der Waals surface area contributed by atoms with Gasteiger partial charge < -0.3 is 4.98 Å². The van der Waals surface area contributed by atoms with Crippen LogP contribution in [0.25, 0.3) is 11.3 Å². The van der Waals surface area contributed by atoms with Crippen LogP contribution < -0.4 is 0 Å².